The van der Waals surface area contributed by atoms with E-state index >= 15 is 0 Å². The molecule has 1 heterocycles. The molecule has 0 aliphatic rings. The molecular formula is C22H18N4O. The summed E-state index contributed by atoms with van der Waals surface area (Å²) in [5.41, 5.74) is 5.48. The number of benzene rings is 3. The van der Waals surface area contributed by atoms with E-state index in [2.05, 4.69) is 15.6 Å². The maximum Gasteiger partial charge on any atom is 0.221 e. The van der Waals surface area contributed by atoms with Crippen molar-refractivity contribution < 1.29 is 4.79 Å². The molecule has 1 amide bonds. The van der Waals surface area contributed by atoms with Crippen molar-refractivity contribution in [3.05, 3.63) is 85.1 Å². The van der Waals surface area contributed by atoms with Crippen molar-refractivity contribution in [2.45, 2.75) is 6.92 Å². The number of para-hydroxylation sites is 1. The zero-order valence-electron chi connectivity index (χ0n) is 14.8. The third-order valence-electron chi connectivity index (χ3n) is 4.22. The van der Waals surface area contributed by atoms with Gasteiger partial charge in [0.15, 0.2) is 0 Å². The van der Waals surface area contributed by atoms with Crippen molar-refractivity contribution >= 4 is 11.6 Å². The summed E-state index contributed by atoms with van der Waals surface area (Å²) in [6.07, 6.45) is 1.91. The van der Waals surface area contributed by atoms with Crippen LogP contribution in [0.25, 0.3) is 28.1 Å². The predicted octanol–water partition coefficient (Wildman–Crippen LogP) is 4.56. The first-order valence-electron chi connectivity index (χ1n) is 8.66. The van der Waals surface area contributed by atoms with Crippen molar-refractivity contribution in [2.24, 2.45) is 0 Å². The zero-order valence-corrected chi connectivity index (χ0v) is 14.8. The molecule has 0 aliphatic heterocycles. The van der Waals surface area contributed by atoms with E-state index in [9.17, 15) is 4.79 Å². The predicted molar refractivity (Wildman–Crippen MR) is 107 cm³/mol. The zero-order chi connectivity index (χ0) is 18.6. The summed E-state index contributed by atoms with van der Waals surface area (Å²) < 4.78 is 1.76. The van der Waals surface area contributed by atoms with Crippen molar-refractivity contribution in [2.75, 3.05) is 5.32 Å². The van der Waals surface area contributed by atoms with Crippen LogP contribution in [-0.4, -0.2) is 20.9 Å². The Balaban J connectivity index is 1.70. The Labute approximate surface area is 157 Å². The lowest BCUT2D eigenvalue weighted by Crippen LogP contribution is -2.06. The minimum atomic E-state index is -0.0950. The van der Waals surface area contributed by atoms with Crippen molar-refractivity contribution in [1.82, 2.24) is 15.0 Å². The van der Waals surface area contributed by atoms with Crippen LogP contribution in [0.4, 0.5) is 5.69 Å². The highest BCUT2D eigenvalue weighted by Gasteiger charge is 2.09. The smallest absolute Gasteiger partial charge is 0.221 e. The second kappa shape index (κ2) is 7.25. The van der Waals surface area contributed by atoms with E-state index in [4.69, 9.17) is 0 Å². The number of nitrogens with zero attached hydrogens (tertiary/aromatic N) is 3. The van der Waals surface area contributed by atoms with Gasteiger partial charge in [-0.2, -0.15) is 0 Å². The molecule has 1 aromatic heterocycles. The summed E-state index contributed by atoms with van der Waals surface area (Å²) in [5, 5.41) is 11.4. The quantitative estimate of drug-likeness (QED) is 0.584. The Kier molecular flexibility index (Phi) is 4.49. The van der Waals surface area contributed by atoms with E-state index in [0.717, 1.165) is 33.8 Å². The van der Waals surface area contributed by atoms with Crippen LogP contribution in [0.1, 0.15) is 6.92 Å². The Bertz CT molecular complexity index is 1090. The Morgan fingerprint density at radius 3 is 2.44 bits per heavy atom. The van der Waals surface area contributed by atoms with Gasteiger partial charge in [0.2, 0.25) is 5.91 Å². The molecule has 5 nitrogen and oxygen atoms in total. The number of aromatic nitrogens is 3. The third-order valence-corrected chi connectivity index (χ3v) is 4.22. The Morgan fingerprint density at radius 2 is 1.63 bits per heavy atom. The van der Waals surface area contributed by atoms with E-state index < -0.39 is 0 Å². The summed E-state index contributed by atoms with van der Waals surface area (Å²) >= 11 is 0. The lowest BCUT2D eigenvalue weighted by atomic mass is 10.0. The minimum Gasteiger partial charge on any atom is -0.326 e. The van der Waals surface area contributed by atoms with Gasteiger partial charge in [-0.05, 0) is 23.8 Å². The molecule has 0 unspecified atom stereocenters. The van der Waals surface area contributed by atoms with Crippen LogP contribution in [-0.2, 0) is 4.79 Å². The monoisotopic (exact) mass is 354 g/mol. The molecule has 3 aromatic carbocycles. The number of amides is 1. The molecule has 0 fully saturated rings. The molecule has 0 spiro atoms. The molecule has 0 radical (unpaired) electrons. The van der Waals surface area contributed by atoms with Crippen molar-refractivity contribution in [3.63, 3.8) is 0 Å². The normalized spacial score (nSPS) is 10.6. The largest absolute Gasteiger partial charge is 0.326 e. The highest BCUT2D eigenvalue weighted by Crippen LogP contribution is 2.29. The number of nitrogens with one attached hydrogen (secondary N) is 1. The van der Waals surface area contributed by atoms with Gasteiger partial charge < -0.3 is 5.32 Å². The average Bonchev–Trinajstić information content (AvgIpc) is 3.19. The molecule has 0 aliphatic carbocycles. The summed E-state index contributed by atoms with van der Waals surface area (Å²) in [7, 11) is 0. The highest BCUT2D eigenvalue weighted by molar-refractivity contribution is 5.94. The van der Waals surface area contributed by atoms with Gasteiger partial charge in [-0.3, -0.25) is 4.79 Å². The first kappa shape index (κ1) is 16.7. The summed E-state index contributed by atoms with van der Waals surface area (Å²) in [4.78, 5) is 11.5. The van der Waals surface area contributed by atoms with Gasteiger partial charge in [-0.1, -0.05) is 65.9 Å². The van der Waals surface area contributed by atoms with Crippen LogP contribution < -0.4 is 5.32 Å². The van der Waals surface area contributed by atoms with Gasteiger partial charge in [-0.25, -0.2) is 4.68 Å². The van der Waals surface area contributed by atoms with E-state index in [-0.39, 0.29) is 5.91 Å². The number of rotatable bonds is 4. The Hall–Kier alpha value is -3.73. The molecule has 1 N–H and O–H groups in total. The number of hydrogen-bond donors (Lipinski definition) is 1. The van der Waals surface area contributed by atoms with Gasteiger partial charge >= 0.3 is 0 Å². The SMILES string of the molecule is CC(=O)Nc1ccccc1-c1cccc(-n2cc(-c3ccccc3)nn2)c1. The number of carbonyl (C=O) groups is 1. The lowest BCUT2D eigenvalue weighted by Gasteiger charge is -2.11. The topological polar surface area (TPSA) is 59.8 Å². The second-order valence-electron chi connectivity index (χ2n) is 6.19. The van der Waals surface area contributed by atoms with Crippen LogP contribution >= 0.6 is 0 Å². The van der Waals surface area contributed by atoms with Crippen molar-refractivity contribution in [3.8, 4) is 28.1 Å². The molecule has 0 saturated heterocycles. The van der Waals surface area contributed by atoms with E-state index in [1.165, 1.54) is 6.92 Å². The first-order chi connectivity index (χ1) is 13.2. The fourth-order valence-corrected chi connectivity index (χ4v) is 2.98. The van der Waals surface area contributed by atoms with Gasteiger partial charge in [0, 0.05) is 23.7 Å². The van der Waals surface area contributed by atoms with Crippen LogP contribution in [0, 0.1) is 0 Å². The third kappa shape index (κ3) is 3.62. The van der Waals surface area contributed by atoms with Gasteiger partial charge in [0.25, 0.3) is 0 Å². The van der Waals surface area contributed by atoms with E-state index in [0.29, 0.717) is 0 Å². The number of hydrogen-bond acceptors (Lipinski definition) is 3. The van der Waals surface area contributed by atoms with Crippen LogP contribution in [0.15, 0.2) is 85.1 Å². The second-order valence-corrected chi connectivity index (χ2v) is 6.19. The molecule has 27 heavy (non-hydrogen) atoms. The van der Waals surface area contributed by atoms with Gasteiger partial charge in [-0.15, -0.1) is 5.10 Å². The van der Waals surface area contributed by atoms with Gasteiger partial charge in [0.1, 0.15) is 5.69 Å². The van der Waals surface area contributed by atoms with Crippen molar-refractivity contribution in [1.29, 1.82) is 0 Å². The fraction of sp³-hybridized carbons (Fsp3) is 0.0455. The summed E-state index contributed by atoms with van der Waals surface area (Å²) in [6, 6.07) is 25.7. The van der Waals surface area contributed by atoms with Crippen LogP contribution in [0.5, 0.6) is 0 Å². The molecule has 5 heteroatoms. The fourth-order valence-electron chi connectivity index (χ4n) is 2.98. The van der Waals surface area contributed by atoms with E-state index in [1.807, 2.05) is 85.1 Å². The molecule has 0 saturated carbocycles. The Morgan fingerprint density at radius 1 is 0.889 bits per heavy atom. The van der Waals surface area contributed by atoms with Gasteiger partial charge in [0.05, 0.1) is 11.9 Å². The molecule has 4 aromatic rings. The standard InChI is InChI=1S/C22H18N4O/c1-16(27)23-21-13-6-5-12-20(21)18-10-7-11-19(14-18)26-15-22(24-25-26)17-8-3-2-4-9-17/h2-15H,1H3,(H,23,27). The number of carbonyl (C=O) groups excluding carboxylic acids is 1. The molecule has 4 rings (SSSR count). The van der Waals surface area contributed by atoms with Crippen LogP contribution in [0.2, 0.25) is 0 Å². The first-order valence-corrected chi connectivity index (χ1v) is 8.66. The average molecular weight is 354 g/mol. The minimum absolute atomic E-state index is 0.0950. The summed E-state index contributed by atoms with van der Waals surface area (Å²) in [5.74, 6) is -0.0950. The molecule has 0 bridgehead atoms. The molecule has 0 atom stereocenters. The molecular weight excluding hydrogens is 336 g/mol. The maximum absolute atomic E-state index is 11.5. The highest BCUT2D eigenvalue weighted by atomic mass is 16.1. The summed E-state index contributed by atoms with van der Waals surface area (Å²) in [6.45, 7) is 1.51. The maximum atomic E-state index is 11.5. The molecule has 132 valence electrons. The van der Waals surface area contributed by atoms with E-state index in [1.54, 1.807) is 4.68 Å². The lowest BCUT2D eigenvalue weighted by molar-refractivity contribution is -0.114. The number of anilines is 1. The van der Waals surface area contributed by atoms with Crippen LogP contribution in [0.3, 0.4) is 0 Å².